The van der Waals surface area contributed by atoms with Gasteiger partial charge in [0.2, 0.25) is 0 Å². The maximum Gasteiger partial charge on any atom is 0.0806 e. The molecule has 0 saturated carbocycles. The first kappa shape index (κ1) is 16.7. The second-order valence-electron chi connectivity index (χ2n) is 6.56. The Morgan fingerprint density at radius 1 is 1.11 bits per heavy atom. The van der Waals surface area contributed by atoms with Gasteiger partial charge in [-0.25, -0.2) is 0 Å². The minimum absolute atomic E-state index is 0.140. The average Bonchev–Trinajstić information content (AvgIpc) is 2.34. The van der Waals surface area contributed by atoms with E-state index in [1.807, 2.05) is 6.92 Å². The summed E-state index contributed by atoms with van der Waals surface area (Å²) in [5.74, 6) is 0. The molecule has 0 spiro atoms. The van der Waals surface area contributed by atoms with Gasteiger partial charge in [0.05, 0.1) is 23.0 Å². The van der Waals surface area contributed by atoms with E-state index in [0.717, 1.165) is 12.8 Å². The van der Waals surface area contributed by atoms with Gasteiger partial charge in [0, 0.05) is 0 Å². The number of rotatable bonds is 7. The summed E-state index contributed by atoms with van der Waals surface area (Å²) in [4.78, 5) is 0. The van der Waals surface area contributed by atoms with E-state index in [0.29, 0.717) is 0 Å². The second kappa shape index (κ2) is 7.41. The van der Waals surface area contributed by atoms with Crippen molar-refractivity contribution in [3.8, 4) is 0 Å². The largest absolute Gasteiger partial charge is 0.393 e. The monoisotopic (exact) mass is 293 g/mol. The zero-order valence-electron chi connectivity index (χ0n) is 13.2. The van der Waals surface area contributed by atoms with Gasteiger partial charge in [-0.3, -0.25) is 0 Å². The summed E-state index contributed by atoms with van der Waals surface area (Å²) in [7, 11) is -1.60. The summed E-state index contributed by atoms with van der Waals surface area (Å²) >= 11 is 0. The highest BCUT2D eigenvalue weighted by Gasteiger charge is 2.22. The fourth-order valence-corrected chi connectivity index (χ4v) is 5.73. The van der Waals surface area contributed by atoms with Crippen molar-refractivity contribution in [3.05, 3.63) is 24.3 Å². The topological polar surface area (TPSA) is 20.2 Å². The molecule has 0 bridgehead atoms. The lowest BCUT2D eigenvalue weighted by atomic mass is 10.2. The van der Waals surface area contributed by atoms with Crippen LogP contribution >= 0.6 is 0 Å². The maximum absolute atomic E-state index is 9.30. The van der Waals surface area contributed by atoms with E-state index in [-0.39, 0.29) is 14.9 Å². The first-order valence-corrected chi connectivity index (χ1v) is 13.1. The van der Waals surface area contributed by atoms with E-state index in [9.17, 15) is 5.11 Å². The third-order valence-corrected chi connectivity index (χ3v) is 8.91. The molecule has 0 saturated heterocycles. The second-order valence-corrected chi connectivity index (χ2v) is 14.0. The molecule has 0 amide bonds. The summed E-state index contributed by atoms with van der Waals surface area (Å²) in [6.07, 6.45) is 3.21. The molecule has 1 aromatic carbocycles. The van der Waals surface area contributed by atoms with Gasteiger partial charge in [-0.05, 0) is 13.3 Å². The summed E-state index contributed by atoms with van der Waals surface area (Å²) in [5, 5.41) is 12.4. The van der Waals surface area contributed by atoms with Gasteiger partial charge in [-0.1, -0.05) is 79.7 Å². The van der Waals surface area contributed by atoms with Crippen LogP contribution in [0.4, 0.5) is 0 Å². The zero-order chi connectivity index (χ0) is 14.5. The van der Waals surface area contributed by atoms with Gasteiger partial charge >= 0.3 is 0 Å². The third-order valence-electron chi connectivity index (χ3n) is 3.92. The van der Waals surface area contributed by atoms with Crippen LogP contribution < -0.4 is 10.4 Å². The number of hydrogen-bond donors (Lipinski definition) is 1. The first-order chi connectivity index (χ1) is 8.83. The number of aliphatic hydroxyl groups is 1. The van der Waals surface area contributed by atoms with E-state index in [4.69, 9.17) is 0 Å². The van der Waals surface area contributed by atoms with Crippen molar-refractivity contribution in [2.24, 2.45) is 0 Å². The predicted molar refractivity (Wildman–Crippen MR) is 91.0 cm³/mol. The number of unbranched alkanes of at least 4 members (excludes halogenated alkanes) is 1. The predicted octanol–water partition coefficient (Wildman–Crippen LogP) is 3.11. The summed E-state index contributed by atoms with van der Waals surface area (Å²) < 4.78 is 0. The van der Waals surface area contributed by atoms with Crippen molar-refractivity contribution in [2.45, 2.75) is 64.5 Å². The fourth-order valence-electron chi connectivity index (χ4n) is 2.41. The van der Waals surface area contributed by atoms with Crippen LogP contribution in [0, 0.1) is 0 Å². The lowest BCUT2D eigenvalue weighted by molar-refractivity contribution is 0.181. The molecule has 0 aromatic heterocycles. The highest BCUT2D eigenvalue weighted by molar-refractivity contribution is 6.89. The number of benzene rings is 1. The van der Waals surface area contributed by atoms with Gasteiger partial charge < -0.3 is 5.11 Å². The Kier molecular flexibility index (Phi) is 6.50. The Bertz CT molecular complexity index is 369. The van der Waals surface area contributed by atoms with Gasteiger partial charge in [0.1, 0.15) is 0 Å². The first-order valence-electron chi connectivity index (χ1n) is 7.42. The van der Waals surface area contributed by atoms with Crippen LogP contribution in [0.1, 0.15) is 26.2 Å². The maximum atomic E-state index is 9.30. The normalized spacial score (nSPS) is 13.8. The van der Waals surface area contributed by atoms with Crippen LogP contribution in [0.15, 0.2) is 24.3 Å². The van der Waals surface area contributed by atoms with Crippen molar-refractivity contribution >= 4 is 27.2 Å². The highest BCUT2D eigenvalue weighted by atomic mass is 28.3. The Balaban J connectivity index is 2.56. The van der Waals surface area contributed by atoms with Crippen LogP contribution in [0.3, 0.4) is 0 Å². The molecule has 0 fully saturated rings. The van der Waals surface area contributed by atoms with Crippen LogP contribution in [0.2, 0.25) is 32.2 Å². The highest BCUT2D eigenvalue weighted by Crippen LogP contribution is 2.15. The smallest absolute Gasteiger partial charge is 0.0806 e. The molecule has 1 N–H and O–H groups in total. The molecule has 1 rings (SSSR count). The molecule has 0 aliphatic carbocycles. The van der Waals surface area contributed by atoms with Crippen molar-refractivity contribution in [3.63, 3.8) is 0 Å². The molecule has 3 heteroatoms. The van der Waals surface area contributed by atoms with Crippen molar-refractivity contribution in [2.75, 3.05) is 0 Å². The van der Waals surface area contributed by atoms with Crippen LogP contribution in [0.25, 0.3) is 0 Å². The van der Waals surface area contributed by atoms with E-state index < -0.39 is 8.07 Å². The Labute approximate surface area is 121 Å². The van der Waals surface area contributed by atoms with Crippen LogP contribution in [-0.2, 0) is 0 Å². The fraction of sp³-hybridized carbons (Fsp3) is 0.625. The summed E-state index contributed by atoms with van der Waals surface area (Å²) in [6, 6.07) is 10.7. The van der Waals surface area contributed by atoms with Crippen LogP contribution in [0.5, 0.6) is 0 Å². The third kappa shape index (κ3) is 5.63. The van der Waals surface area contributed by atoms with E-state index in [2.05, 4.69) is 50.5 Å². The Morgan fingerprint density at radius 3 is 2.16 bits per heavy atom. The molecule has 107 valence electrons. The molecule has 1 nitrogen and oxygen atoms in total. The van der Waals surface area contributed by atoms with Crippen molar-refractivity contribution in [1.82, 2.24) is 0 Å². The molecule has 0 aliphatic heterocycles. The Hall–Kier alpha value is -0.386. The molecule has 1 atom stereocenters. The van der Waals surface area contributed by atoms with E-state index >= 15 is 0 Å². The van der Waals surface area contributed by atoms with E-state index in [1.54, 1.807) is 5.19 Å². The van der Waals surface area contributed by atoms with Gasteiger partial charge in [-0.15, -0.1) is 0 Å². The molecule has 1 aromatic rings. The average molecular weight is 294 g/mol. The SMILES string of the molecule is CC(O)CCCC[Si](C)(C)c1ccc([Si](C)C)cc1. The lowest BCUT2D eigenvalue weighted by Crippen LogP contribution is -2.42. The quantitative estimate of drug-likeness (QED) is 0.605. The minimum Gasteiger partial charge on any atom is -0.393 e. The molecule has 1 unspecified atom stereocenters. The Morgan fingerprint density at radius 2 is 1.68 bits per heavy atom. The molecule has 0 heterocycles. The van der Waals surface area contributed by atoms with Gasteiger partial charge in [0.25, 0.3) is 0 Å². The molecular weight excluding hydrogens is 264 g/mol. The van der Waals surface area contributed by atoms with Crippen molar-refractivity contribution < 1.29 is 5.11 Å². The zero-order valence-corrected chi connectivity index (χ0v) is 15.2. The van der Waals surface area contributed by atoms with E-state index in [1.165, 1.54) is 17.7 Å². The summed E-state index contributed by atoms with van der Waals surface area (Å²) in [6.45, 7) is 11.5. The van der Waals surface area contributed by atoms with Crippen molar-refractivity contribution in [1.29, 1.82) is 0 Å². The number of aliphatic hydroxyl groups excluding tert-OH is 1. The standard InChI is InChI=1S/C16H29OSi2/c1-14(17)8-6-7-13-19(4,5)16-11-9-15(10-12-16)18(2)3/h9-12,14,17H,6-8,13H2,1-5H3. The lowest BCUT2D eigenvalue weighted by Gasteiger charge is -2.23. The molecule has 1 radical (unpaired) electrons. The van der Waals surface area contributed by atoms with Gasteiger partial charge in [0.15, 0.2) is 0 Å². The van der Waals surface area contributed by atoms with Gasteiger partial charge in [-0.2, -0.15) is 0 Å². The van der Waals surface area contributed by atoms with Crippen LogP contribution in [-0.4, -0.2) is 28.1 Å². The molecule has 0 aliphatic rings. The molecule has 19 heavy (non-hydrogen) atoms. The molecular formula is C16H29OSi2. The summed E-state index contributed by atoms with van der Waals surface area (Å²) in [5.41, 5.74) is 0. The minimum atomic E-state index is -1.28. The number of hydrogen-bond acceptors (Lipinski definition) is 1.